The van der Waals surface area contributed by atoms with Crippen LogP contribution in [0.5, 0.6) is 0 Å². The van der Waals surface area contributed by atoms with Gasteiger partial charge in [-0.3, -0.25) is 4.79 Å². The van der Waals surface area contributed by atoms with Gasteiger partial charge in [-0.15, -0.1) is 5.10 Å². The number of amides is 1. The zero-order chi connectivity index (χ0) is 27.4. The van der Waals surface area contributed by atoms with Crippen LogP contribution in [0, 0.1) is 11.6 Å². The first-order valence-corrected chi connectivity index (χ1v) is 13.0. The third-order valence-electron chi connectivity index (χ3n) is 6.84. The number of aromatic nitrogens is 5. The molecule has 0 radical (unpaired) electrons. The van der Waals surface area contributed by atoms with Crippen molar-refractivity contribution in [1.82, 2.24) is 29.6 Å². The van der Waals surface area contributed by atoms with E-state index in [4.69, 9.17) is 0 Å². The van der Waals surface area contributed by atoms with E-state index in [9.17, 15) is 13.6 Å². The molecule has 2 aromatic heterocycles. The van der Waals surface area contributed by atoms with Crippen LogP contribution in [0.4, 0.5) is 20.4 Å². The number of piperazine rings is 1. The number of carbonyl (C=O) groups excluding carboxylic acids is 1. The van der Waals surface area contributed by atoms with Crippen LogP contribution in [0.15, 0.2) is 60.9 Å². The Bertz CT molecular complexity index is 1410. The minimum absolute atomic E-state index is 0.0273. The van der Waals surface area contributed by atoms with E-state index in [0.717, 1.165) is 24.7 Å². The molecule has 0 aliphatic carbocycles. The van der Waals surface area contributed by atoms with Gasteiger partial charge in [-0.25, -0.2) is 28.4 Å². The molecular weight excluding hydrogens is 502 g/mol. The van der Waals surface area contributed by atoms with E-state index in [2.05, 4.69) is 43.7 Å². The molecular formula is C28H30F2N8O. The first-order valence-electron chi connectivity index (χ1n) is 13.0. The smallest absolute Gasteiger partial charge is 0.244 e. The summed E-state index contributed by atoms with van der Waals surface area (Å²) in [5, 5.41) is 4.56. The molecule has 3 heterocycles. The Hall–Kier alpha value is -4.41. The predicted molar refractivity (Wildman–Crippen MR) is 145 cm³/mol. The summed E-state index contributed by atoms with van der Waals surface area (Å²) in [5.41, 5.74) is 1.25. The number of anilines is 2. The highest BCUT2D eigenvalue weighted by Gasteiger charge is 2.24. The maximum atomic E-state index is 13.6. The number of halogens is 2. The Labute approximate surface area is 225 Å². The molecule has 0 saturated carbocycles. The summed E-state index contributed by atoms with van der Waals surface area (Å²) in [5.74, 6) is 1.70. The minimum atomic E-state index is -0.370. The molecule has 0 atom stereocenters. The standard InChI is InChI=1S/C28H30F2N8O/c1-3-35(4-2)24-17-25(32-19-31-24)36-13-15-37(16-14-36)26(39)18-38-28(21-7-11-23(30)12-8-21)33-27(34-38)20-5-9-22(29)10-6-20/h5-12,17,19H,3-4,13-16,18H2,1-2H3. The van der Waals surface area contributed by atoms with Crippen molar-refractivity contribution in [2.75, 3.05) is 49.1 Å². The maximum Gasteiger partial charge on any atom is 0.244 e. The third-order valence-corrected chi connectivity index (χ3v) is 6.84. The molecule has 1 aliphatic heterocycles. The van der Waals surface area contributed by atoms with Crippen molar-refractivity contribution in [2.45, 2.75) is 20.4 Å². The van der Waals surface area contributed by atoms with Crippen LogP contribution in [0.2, 0.25) is 0 Å². The quantitative estimate of drug-likeness (QED) is 0.341. The topological polar surface area (TPSA) is 83.3 Å². The van der Waals surface area contributed by atoms with Crippen LogP contribution in [0.1, 0.15) is 13.8 Å². The maximum absolute atomic E-state index is 13.6. The first-order chi connectivity index (χ1) is 18.9. The molecule has 0 spiro atoms. The Morgan fingerprint density at radius 1 is 0.872 bits per heavy atom. The molecule has 1 fully saturated rings. The third kappa shape index (κ3) is 5.87. The van der Waals surface area contributed by atoms with Gasteiger partial charge in [-0.2, -0.15) is 0 Å². The number of hydrogen-bond donors (Lipinski definition) is 0. The lowest BCUT2D eigenvalue weighted by Crippen LogP contribution is -2.50. The summed E-state index contributed by atoms with van der Waals surface area (Å²) in [4.78, 5) is 32.9. The Morgan fingerprint density at radius 2 is 1.49 bits per heavy atom. The van der Waals surface area contributed by atoms with Crippen molar-refractivity contribution in [2.24, 2.45) is 0 Å². The summed E-state index contributed by atoms with van der Waals surface area (Å²) in [6.07, 6.45) is 1.58. The fourth-order valence-corrected chi connectivity index (χ4v) is 4.63. The molecule has 0 unspecified atom stereocenters. The van der Waals surface area contributed by atoms with Gasteiger partial charge in [0.15, 0.2) is 11.6 Å². The van der Waals surface area contributed by atoms with Crippen molar-refractivity contribution >= 4 is 17.5 Å². The first kappa shape index (κ1) is 26.2. The molecule has 5 rings (SSSR count). The van der Waals surface area contributed by atoms with Gasteiger partial charge < -0.3 is 14.7 Å². The summed E-state index contributed by atoms with van der Waals surface area (Å²) < 4.78 is 28.5. The Morgan fingerprint density at radius 3 is 2.10 bits per heavy atom. The second-order valence-corrected chi connectivity index (χ2v) is 9.20. The molecule has 2 aromatic carbocycles. The molecule has 0 bridgehead atoms. The van der Waals surface area contributed by atoms with Crippen LogP contribution in [-0.2, 0) is 11.3 Å². The zero-order valence-electron chi connectivity index (χ0n) is 22.0. The lowest BCUT2D eigenvalue weighted by atomic mass is 10.2. The van der Waals surface area contributed by atoms with Crippen molar-refractivity contribution < 1.29 is 13.6 Å². The SMILES string of the molecule is CCN(CC)c1cc(N2CCN(C(=O)Cn3nc(-c4ccc(F)cc4)nc3-c3ccc(F)cc3)CC2)ncn1. The average Bonchev–Trinajstić information content (AvgIpc) is 3.38. The average molecular weight is 533 g/mol. The molecule has 0 N–H and O–H groups in total. The van der Waals surface area contributed by atoms with Crippen LogP contribution in [-0.4, -0.2) is 74.8 Å². The number of nitrogens with zero attached hydrogens (tertiary/aromatic N) is 8. The van der Waals surface area contributed by atoms with E-state index in [1.165, 1.54) is 28.9 Å². The van der Waals surface area contributed by atoms with Gasteiger partial charge in [-0.1, -0.05) is 0 Å². The molecule has 11 heteroatoms. The molecule has 39 heavy (non-hydrogen) atoms. The summed E-state index contributed by atoms with van der Waals surface area (Å²) in [6.45, 7) is 8.24. The molecule has 4 aromatic rings. The van der Waals surface area contributed by atoms with Crippen LogP contribution in [0.3, 0.4) is 0 Å². The summed E-state index contributed by atoms with van der Waals surface area (Å²) in [7, 11) is 0. The summed E-state index contributed by atoms with van der Waals surface area (Å²) >= 11 is 0. The van der Waals surface area contributed by atoms with E-state index in [-0.39, 0.29) is 24.1 Å². The second kappa shape index (κ2) is 11.5. The van der Waals surface area contributed by atoms with Gasteiger partial charge >= 0.3 is 0 Å². The number of benzene rings is 2. The van der Waals surface area contributed by atoms with E-state index >= 15 is 0 Å². The molecule has 1 amide bonds. The van der Waals surface area contributed by atoms with Crippen LogP contribution < -0.4 is 9.80 Å². The number of hydrogen-bond acceptors (Lipinski definition) is 7. The highest BCUT2D eigenvalue weighted by molar-refractivity contribution is 5.77. The molecule has 202 valence electrons. The van der Waals surface area contributed by atoms with E-state index in [0.29, 0.717) is 49.0 Å². The fourth-order valence-electron chi connectivity index (χ4n) is 4.63. The second-order valence-electron chi connectivity index (χ2n) is 9.20. The fraction of sp³-hybridized carbons (Fsp3) is 0.321. The van der Waals surface area contributed by atoms with E-state index < -0.39 is 0 Å². The monoisotopic (exact) mass is 532 g/mol. The van der Waals surface area contributed by atoms with Crippen LogP contribution >= 0.6 is 0 Å². The van der Waals surface area contributed by atoms with Gasteiger partial charge in [0.25, 0.3) is 0 Å². The number of carbonyl (C=O) groups is 1. The predicted octanol–water partition coefficient (Wildman–Crippen LogP) is 3.88. The van der Waals surface area contributed by atoms with Crippen LogP contribution in [0.25, 0.3) is 22.8 Å². The highest BCUT2D eigenvalue weighted by atomic mass is 19.1. The zero-order valence-corrected chi connectivity index (χ0v) is 22.0. The number of rotatable bonds is 8. The lowest BCUT2D eigenvalue weighted by molar-refractivity contribution is -0.132. The van der Waals surface area contributed by atoms with Gasteiger partial charge in [0.05, 0.1) is 0 Å². The Kier molecular flexibility index (Phi) is 7.76. The van der Waals surface area contributed by atoms with Gasteiger partial charge in [-0.05, 0) is 62.4 Å². The summed E-state index contributed by atoms with van der Waals surface area (Å²) in [6, 6.07) is 13.7. The Balaban J connectivity index is 1.31. The van der Waals surface area contributed by atoms with Crippen molar-refractivity contribution in [3.63, 3.8) is 0 Å². The van der Waals surface area contributed by atoms with E-state index in [1.54, 1.807) is 35.5 Å². The lowest BCUT2D eigenvalue weighted by Gasteiger charge is -2.35. The normalized spacial score (nSPS) is 13.5. The molecule has 9 nitrogen and oxygen atoms in total. The van der Waals surface area contributed by atoms with Crippen molar-refractivity contribution in [1.29, 1.82) is 0 Å². The van der Waals surface area contributed by atoms with Crippen molar-refractivity contribution in [3.05, 3.63) is 72.6 Å². The minimum Gasteiger partial charge on any atom is -0.357 e. The van der Waals surface area contributed by atoms with E-state index in [1.807, 2.05) is 6.07 Å². The molecule has 1 aliphatic rings. The van der Waals surface area contributed by atoms with Crippen molar-refractivity contribution in [3.8, 4) is 22.8 Å². The van der Waals surface area contributed by atoms with Gasteiger partial charge in [0.1, 0.15) is 36.1 Å². The van der Waals surface area contributed by atoms with Gasteiger partial charge in [0, 0.05) is 56.5 Å². The van der Waals surface area contributed by atoms with Gasteiger partial charge in [0.2, 0.25) is 5.91 Å². The highest BCUT2D eigenvalue weighted by Crippen LogP contribution is 2.24. The largest absolute Gasteiger partial charge is 0.357 e. The molecule has 1 saturated heterocycles.